The van der Waals surface area contributed by atoms with Crippen LogP contribution in [0.4, 0.5) is 29.2 Å². The van der Waals surface area contributed by atoms with Crippen LogP contribution in [0.1, 0.15) is 234 Å². The third-order valence-corrected chi connectivity index (χ3v) is 19.2. The van der Waals surface area contributed by atoms with E-state index in [0.717, 1.165) is 124 Å². The van der Waals surface area contributed by atoms with Gasteiger partial charge in [-0.3, -0.25) is 0 Å². The number of phenolic OH excluding ortho intramolecular Hbond substituents is 1. The predicted molar refractivity (Wildman–Crippen MR) is 401 cm³/mol. The van der Waals surface area contributed by atoms with Crippen LogP contribution in [-0.4, -0.2) is 127 Å². The highest BCUT2D eigenvalue weighted by Crippen LogP contribution is 2.45. The smallest absolute Gasteiger partial charge is 0.225 e. The van der Waals surface area contributed by atoms with Crippen molar-refractivity contribution in [1.82, 2.24) is 29.9 Å². The first kappa shape index (κ1) is 81.9. The van der Waals surface area contributed by atoms with E-state index in [-0.39, 0.29) is 28.6 Å². The molecule has 6 aromatic rings. The van der Waals surface area contributed by atoms with Crippen molar-refractivity contribution < 1.29 is 40.1 Å². The molecule has 9 rings (SSSR count). The maximum atomic E-state index is 10.4. The molecule has 1 aromatic carbocycles. The lowest BCUT2D eigenvalue weighted by Gasteiger charge is -2.42. The molecule has 7 N–H and O–H groups in total. The molecule has 0 bridgehead atoms. The number of rotatable bonds is 19. The quantitative estimate of drug-likeness (QED) is 0.0373. The van der Waals surface area contributed by atoms with E-state index in [1.54, 1.807) is 32.6 Å². The van der Waals surface area contributed by atoms with Gasteiger partial charge in [0.15, 0.2) is 5.75 Å². The number of hydrogen-bond donors (Lipinski definition) is 7. The molecule has 3 aliphatic rings. The number of nitrogens with one attached hydrogen (secondary N) is 1. The van der Waals surface area contributed by atoms with E-state index in [1.165, 1.54) is 101 Å². The molecule has 97 heavy (non-hydrogen) atoms. The molecular weight excluding hydrogens is 1220 g/mol. The molecule has 0 amide bonds. The number of aromatic hydroxyl groups is 6. The van der Waals surface area contributed by atoms with E-state index in [2.05, 4.69) is 67.9 Å². The molecule has 3 aliphatic heterocycles. The molecule has 0 saturated heterocycles. The van der Waals surface area contributed by atoms with E-state index >= 15 is 0 Å². The molecule has 0 radical (unpaired) electrons. The van der Waals surface area contributed by atoms with Gasteiger partial charge < -0.3 is 65.0 Å². The molecule has 0 aliphatic carbocycles. The summed E-state index contributed by atoms with van der Waals surface area (Å²) < 4.78 is 12.3. The van der Waals surface area contributed by atoms with Crippen molar-refractivity contribution in [2.75, 3.05) is 80.3 Å². The third kappa shape index (κ3) is 23.0. The van der Waals surface area contributed by atoms with Gasteiger partial charge in [0.1, 0.15) is 69.1 Å². The molecule has 19 heteroatoms. The molecule has 0 fully saturated rings. The lowest BCUT2D eigenvalue weighted by Crippen LogP contribution is -2.47. The van der Waals surface area contributed by atoms with Gasteiger partial charge in [0.2, 0.25) is 5.95 Å². The highest BCUT2D eigenvalue weighted by Gasteiger charge is 2.35. The van der Waals surface area contributed by atoms with Crippen molar-refractivity contribution in [3.63, 3.8) is 0 Å². The van der Waals surface area contributed by atoms with Crippen molar-refractivity contribution in [3.8, 4) is 40.2 Å². The van der Waals surface area contributed by atoms with Gasteiger partial charge in [-0.05, 0) is 202 Å². The summed E-state index contributed by atoms with van der Waals surface area (Å²) in [6.45, 7) is 37.5. The Labute approximate surface area is 583 Å². The van der Waals surface area contributed by atoms with E-state index in [4.69, 9.17) is 9.47 Å². The zero-order chi connectivity index (χ0) is 72.8. The Morgan fingerprint density at radius 2 is 0.948 bits per heavy atom. The van der Waals surface area contributed by atoms with Crippen molar-refractivity contribution in [2.24, 2.45) is 0 Å². The third-order valence-electron chi connectivity index (χ3n) is 19.2. The fraction of sp³-hybridized carbons (Fsp3) is 0.615. The molecular formula is C78H125N11O8. The van der Waals surface area contributed by atoms with Gasteiger partial charge in [-0.15, -0.1) is 0 Å². The number of anilines is 5. The van der Waals surface area contributed by atoms with Gasteiger partial charge in [-0.2, -0.15) is 0 Å². The van der Waals surface area contributed by atoms with Gasteiger partial charge in [-0.25, -0.2) is 29.9 Å². The SMILES string of the molecule is CCCCCCCCCCCCCCCCC1(C)CCc2c(C)c(O)c(C)c(C)c2O1.CCNc1cc(C)c(O)c(C)n1.Cc1cc(N(C)C)nc(C)c1O.Cc1nc(N(C)C)nc(C)c1O.Cc1nc2c(c(C)c1O)CCCN2C.Cc1nc2c(c(C)c1O)COC(C)(C)N2C. The highest BCUT2D eigenvalue weighted by atomic mass is 16.5. The monoisotopic (exact) mass is 1340 g/mol. The van der Waals surface area contributed by atoms with E-state index < -0.39 is 0 Å². The Hall–Kier alpha value is -7.54. The van der Waals surface area contributed by atoms with E-state index in [0.29, 0.717) is 58.3 Å². The number of pyridine rings is 4. The van der Waals surface area contributed by atoms with Crippen LogP contribution >= 0.6 is 0 Å². The Morgan fingerprint density at radius 1 is 0.485 bits per heavy atom. The minimum atomic E-state index is -0.351. The summed E-state index contributed by atoms with van der Waals surface area (Å²) in [6, 6.07) is 3.70. The number of unbranched alkanes of at least 4 members (excludes halogenated alkanes) is 13. The number of nitrogens with zero attached hydrogens (tertiary/aromatic N) is 10. The van der Waals surface area contributed by atoms with Gasteiger partial charge in [0, 0.05) is 77.6 Å². The Bertz CT molecular complexity index is 3390. The molecule has 8 heterocycles. The van der Waals surface area contributed by atoms with Crippen LogP contribution in [0.25, 0.3) is 0 Å². The van der Waals surface area contributed by atoms with Crippen molar-refractivity contribution >= 4 is 29.2 Å². The summed E-state index contributed by atoms with van der Waals surface area (Å²) >= 11 is 0. The molecule has 0 spiro atoms. The van der Waals surface area contributed by atoms with Crippen LogP contribution in [0, 0.1) is 90.0 Å². The molecule has 1 unspecified atom stereocenters. The maximum Gasteiger partial charge on any atom is 0.225 e. The fourth-order valence-corrected chi connectivity index (χ4v) is 12.2. The first-order chi connectivity index (χ1) is 45.5. The second kappa shape index (κ2) is 38.0. The Balaban J connectivity index is 0.000000260. The van der Waals surface area contributed by atoms with Crippen molar-refractivity contribution in [3.05, 3.63) is 102 Å². The number of fused-ring (bicyclic) bond motifs is 3. The summed E-state index contributed by atoms with van der Waals surface area (Å²) in [5.74, 6) is 7.18. The number of aromatic nitrogens is 6. The average molecular weight is 1340 g/mol. The summed E-state index contributed by atoms with van der Waals surface area (Å²) in [7, 11) is 11.6. The normalized spacial score (nSPS) is 14.8. The summed E-state index contributed by atoms with van der Waals surface area (Å²) in [4.78, 5) is 33.3. The van der Waals surface area contributed by atoms with E-state index in [1.807, 2.05) is 133 Å². The maximum absolute atomic E-state index is 10.4. The standard InChI is InChI=1S/C29H50O2.C12H18N2O2.C11H16N2O.2C9H14N2O.C8H13N3O/c1-6-7-8-9-10-11-12-13-14-15-16-17-18-19-21-29(5)22-20-26-25(4)27(30)23(2)24(3)28(26)31-29;1-7-9-6-16-12(3,4)14(5)11(9)13-8(2)10(7)15;1-7-9-5-4-6-13(3)11(9)12-8(2)10(7)14;1-6-5-8(11(3)4)10-7(2)9(6)12;1-4-10-8-5-6(2)9(12)7(3)11-8;1-5-7(12)6(2)10-8(9-5)11(3)4/h30H,6-22H2,1-5H3;15H,6H2,1-5H3;14H,4-6H2,1-3H3;5,12H,1-4H3;5,12H,4H2,1-3H3,(H,10,11);12H,1-4H3. The highest BCUT2D eigenvalue weighted by molar-refractivity contribution is 5.60. The minimum Gasteiger partial charge on any atom is -0.507 e. The van der Waals surface area contributed by atoms with Crippen molar-refractivity contribution in [2.45, 2.75) is 265 Å². The van der Waals surface area contributed by atoms with Crippen LogP contribution in [0.2, 0.25) is 0 Å². The van der Waals surface area contributed by atoms with Crippen LogP contribution < -0.4 is 29.7 Å². The number of benzene rings is 1. The van der Waals surface area contributed by atoms with Gasteiger partial charge in [-0.1, -0.05) is 90.4 Å². The minimum absolute atomic E-state index is 0.0509. The topological polar surface area (TPSA) is 242 Å². The molecule has 1 atom stereocenters. The average Bonchev–Trinajstić information content (AvgIpc) is 0.777. The van der Waals surface area contributed by atoms with Crippen LogP contribution in [0.5, 0.6) is 40.2 Å². The largest absolute Gasteiger partial charge is 0.507 e. The molecule has 5 aromatic heterocycles. The summed E-state index contributed by atoms with van der Waals surface area (Å²) in [5.41, 5.74) is 13.7. The van der Waals surface area contributed by atoms with Crippen LogP contribution in [0.15, 0.2) is 12.1 Å². The number of phenols is 1. The lowest BCUT2D eigenvalue weighted by atomic mass is 9.84. The van der Waals surface area contributed by atoms with Gasteiger partial charge >= 0.3 is 0 Å². The van der Waals surface area contributed by atoms with Gasteiger partial charge in [0.05, 0.1) is 40.8 Å². The zero-order valence-electron chi connectivity index (χ0n) is 64.2. The van der Waals surface area contributed by atoms with E-state index in [9.17, 15) is 30.6 Å². The van der Waals surface area contributed by atoms with Gasteiger partial charge in [0.25, 0.3) is 0 Å². The number of ether oxygens (including phenoxy) is 2. The second-order valence-corrected chi connectivity index (χ2v) is 28.0. The van der Waals surface area contributed by atoms with Crippen LogP contribution in [-0.2, 0) is 24.2 Å². The lowest BCUT2D eigenvalue weighted by molar-refractivity contribution is -0.0382. The predicted octanol–water partition coefficient (Wildman–Crippen LogP) is 17.3. The molecule has 0 saturated carbocycles. The zero-order valence-corrected chi connectivity index (χ0v) is 64.2. The second-order valence-electron chi connectivity index (χ2n) is 28.0. The van der Waals surface area contributed by atoms with Crippen LogP contribution in [0.3, 0.4) is 0 Å². The summed E-state index contributed by atoms with van der Waals surface area (Å²) in [5, 5.41) is 61.3. The number of aryl methyl sites for hydroxylation is 8. The Morgan fingerprint density at radius 3 is 1.44 bits per heavy atom. The fourth-order valence-electron chi connectivity index (χ4n) is 12.2. The first-order valence-corrected chi connectivity index (χ1v) is 35.5. The molecule has 19 nitrogen and oxygen atoms in total. The Kier molecular flexibility index (Phi) is 32.1. The van der Waals surface area contributed by atoms with Crippen molar-refractivity contribution in [1.29, 1.82) is 0 Å². The first-order valence-electron chi connectivity index (χ1n) is 35.5. The summed E-state index contributed by atoms with van der Waals surface area (Å²) in [6.07, 6.45) is 25.0. The number of hydrogen-bond acceptors (Lipinski definition) is 19. The molecule has 540 valence electrons.